The summed E-state index contributed by atoms with van der Waals surface area (Å²) in [6.45, 7) is 0.797. The van der Waals surface area contributed by atoms with E-state index in [1.54, 1.807) is 0 Å². The standard InChI is InChI=1S/C13H18BrNS/c14-11-5-7-12(8-6-11)16-13(9-15)10-3-1-2-4-10/h5-8,10,13H,1-4,9,15H2. The topological polar surface area (TPSA) is 26.0 Å². The molecule has 3 heteroatoms. The van der Waals surface area contributed by atoms with Gasteiger partial charge in [-0.1, -0.05) is 28.8 Å². The lowest BCUT2D eigenvalue weighted by Crippen LogP contribution is -2.24. The smallest absolute Gasteiger partial charge is 0.0245 e. The molecule has 16 heavy (non-hydrogen) atoms. The molecule has 1 nitrogen and oxygen atoms in total. The van der Waals surface area contributed by atoms with Gasteiger partial charge in [0.2, 0.25) is 0 Å². The van der Waals surface area contributed by atoms with Crippen LogP contribution in [0.4, 0.5) is 0 Å². The Kier molecular flexibility index (Phi) is 4.74. The quantitative estimate of drug-likeness (QED) is 0.849. The van der Waals surface area contributed by atoms with E-state index < -0.39 is 0 Å². The van der Waals surface area contributed by atoms with Gasteiger partial charge in [-0.2, -0.15) is 0 Å². The summed E-state index contributed by atoms with van der Waals surface area (Å²) in [4.78, 5) is 1.34. The van der Waals surface area contributed by atoms with Crippen molar-refractivity contribution in [2.75, 3.05) is 6.54 Å². The second-order valence-corrected chi connectivity index (χ2v) is 6.62. The summed E-state index contributed by atoms with van der Waals surface area (Å²) < 4.78 is 1.14. The molecule has 1 fully saturated rings. The minimum absolute atomic E-state index is 0.601. The van der Waals surface area contributed by atoms with Crippen molar-refractivity contribution in [3.63, 3.8) is 0 Å². The van der Waals surface area contributed by atoms with E-state index in [2.05, 4.69) is 40.2 Å². The monoisotopic (exact) mass is 299 g/mol. The van der Waals surface area contributed by atoms with Crippen LogP contribution < -0.4 is 5.73 Å². The van der Waals surface area contributed by atoms with Crippen molar-refractivity contribution >= 4 is 27.7 Å². The first-order chi connectivity index (χ1) is 7.79. The SMILES string of the molecule is NCC(Sc1ccc(Br)cc1)C1CCCC1. The Morgan fingerprint density at radius 2 is 1.88 bits per heavy atom. The maximum absolute atomic E-state index is 5.90. The van der Waals surface area contributed by atoms with Crippen molar-refractivity contribution in [1.82, 2.24) is 0 Å². The highest BCUT2D eigenvalue weighted by atomic mass is 79.9. The Morgan fingerprint density at radius 3 is 2.44 bits per heavy atom. The number of halogens is 1. The molecule has 0 saturated heterocycles. The predicted molar refractivity (Wildman–Crippen MR) is 74.8 cm³/mol. The van der Waals surface area contributed by atoms with Gasteiger partial charge < -0.3 is 5.73 Å². The number of hydrogen-bond donors (Lipinski definition) is 1. The minimum Gasteiger partial charge on any atom is -0.329 e. The summed E-state index contributed by atoms with van der Waals surface area (Å²) in [5.74, 6) is 0.832. The Labute approximate surface area is 110 Å². The van der Waals surface area contributed by atoms with Crippen LogP contribution in [0.15, 0.2) is 33.6 Å². The van der Waals surface area contributed by atoms with Gasteiger partial charge in [-0.25, -0.2) is 0 Å². The van der Waals surface area contributed by atoms with E-state index in [9.17, 15) is 0 Å². The normalized spacial score (nSPS) is 18.9. The fourth-order valence-corrected chi connectivity index (χ4v) is 3.82. The van der Waals surface area contributed by atoms with Gasteiger partial charge in [-0.15, -0.1) is 11.8 Å². The van der Waals surface area contributed by atoms with Crippen LogP contribution in [0.5, 0.6) is 0 Å². The van der Waals surface area contributed by atoms with Gasteiger partial charge in [-0.3, -0.25) is 0 Å². The van der Waals surface area contributed by atoms with Crippen LogP contribution in [0.1, 0.15) is 25.7 Å². The van der Waals surface area contributed by atoms with Crippen LogP contribution >= 0.6 is 27.7 Å². The van der Waals surface area contributed by atoms with Crippen LogP contribution in [0.3, 0.4) is 0 Å². The molecule has 1 unspecified atom stereocenters. The first-order valence-corrected chi connectivity index (χ1v) is 7.59. The van der Waals surface area contributed by atoms with E-state index in [0.29, 0.717) is 5.25 Å². The molecule has 1 saturated carbocycles. The summed E-state index contributed by atoms with van der Waals surface area (Å²) in [7, 11) is 0. The average molecular weight is 300 g/mol. The highest BCUT2D eigenvalue weighted by Gasteiger charge is 2.24. The molecule has 1 aromatic carbocycles. The molecule has 0 bridgehead atoms. The van der Waals surface area contributed by atoms with E-state index in [-0.39, 0.29) is 0 Å². The van der Waals surface area contributed by atoms with Gasteiger partial charge in [0.1, 0.15) is 0 Å². The maximum Gasteiger partial charge on any atom is 0.0245 e. The van der Waals surface area contributed by atoms with Gasteiger partial charge in [-0.05, 0) is 43.0 Å². The Hall–Kier alpha value is 0.01000. The van der Waals surface area contributed by atoms with E-state index in [0.717, 1.165) is 16.9 Å². The van der Waals surface area contributed by atoms with Crippen LogP contribution in [0.2, 0.25) is 0 Å². The summed E-state index contributed by atoms with van der Waals surface area (Å²) >= 11 is 5.41. The molecular formula is C13H18BrNS. The van der Waals surface area contributed by atoms with Crippen molar-refractivity contribution in [3.8, 4) is 0 Å². The lowest BCUT2D eigenvalue weighted by atomic mass is 10.0. The molecular weight excluding hydrogens is 282 g/mol. The maximum atomic E-state index is 5.90. The lowest BCUT2D eigenvalue weighted by Gasteiger charge is -2.21. The van der Waals surface area contributed by atoms with E-state index in [4.69, 9.17) is 5.73 Å². The van der Waals surface area contributed by atoms with Gasteiger partial charge in [0.15, 0.2) is 0 Å². The predicted octanol–water partition coefficient (Wildman–Crippen LogP) is 4.06. The molecule has 2 rings (SSSR count). The number of thioether (sulfide) groups is 1. The van der Waals surface area contributed by atoms with Gasteiger partial charge in [0.25, 0.3) is 0 Å². The third kappa shape index (κ3) is 3.25. The first-order valence-electron chi connectivity index (χ1n) is 5.92. The van der Waals surface area contributed by atoms with E-state index in [1.165, 1.54) is 30.6 Å². The number of rotatable bonds is 4. The minimum atomic E-state index is 0.601. The summed E-state index contributed by atoms with van der Waals surface area (Å²) in [6, 6.07) is 8.55. The first kappa shape index (κ1) is 12.5. The summed E-state index contributed by atoms with van der Waals surface area (Å²) in [5.41, 5.74) is 5.90. The van der Waals surface area contributed by atoms with Crippen LogP contribution in [0, 0.1) is 5.92 Å². The summed E-state index contributed by atoms with van der Waals surface area (Å²) in [6.07, 6.45) is 5.51. The van der Waals surface area contributed by atoms with Crippen LogP contribution in [-0.2, 0) is 0 Å². The zero-order chi connectivity index (χ0) is 11.4. The molecule has 0 heterocycles. The van der Waals surface area contributed by atoms with Crippen molar-refractivity contribution in [2.45, 2.75) is 35.8 Å². The van der Waals surface area contributed by atoms with Crippen LogP contribution in [-0.4, -0.2) is 11.8 Å². The largest absolute Gasteiger partial charge is 0.329 e. The fourth-order valence-electron chi connectivity index (χ4n) is 2.35. The molecule has 0 spiro atoms. The molecule has 1 aliphatic rings. The van der Waals surface area contributed by atoms with E-state index in [1.807, 2.05) is 11.8 Å². The van der Waals surface area contributed by atoms with Crippen molar-refractivity contribution in [1.29, 1.82) is 0 Å². The zero-order valence-corrected chi connectivity index (χ0v) is 11.8. The fraction of sp³-hybridized carbons (Fsp3) is 0.538. The molecule has 2 N–H and O–H groups in total. The highest BCUT2D eigenvalue weighted by Crippen LogP contribution is 2.36. The molecule has 0 aliphatic heterocycles. The number of benzene rings is 1. The van der Waals surface area contributed by atoms with E-state index >= 15 is 0 Å². The zero-order valence-electron chi connectivity index (χ0n) is 9.36. The third-order valence-electron chi connectivity index (χ3n) is 3.26. The Morgan fingerprint density at radius 1 is 1.25 bits per heavy atom. The van der Waals surface area contributed by atoms with Crippen molar-refractivity contribution in [3.05, 3.63) is 28.7 Å². The summed E-state index contributed by atoms with van der Waals surface area (Å²) in [5, 5.41) is 0.601. The number of hydrogen-bond acceptors (Lipinski definition) is 2. The average Bonchev–Trinajstić information content (AvgIpc) is 2.82. The third-order valence-corrected chi connectivity index (χ3v) is 5.21. The van der Waals surface area contributed by atoms with Gasteiger partial charge in [0, 0.05) is 21.2 Å². The second-order valence-electron chi connectivity index (χ2n) is 4.39. The second kappa shape index (κ2) is 6.08. The van der Waals surface area contributed by atoms with Crippen LogP contribution in [0.25, 0.3) is 0 Å². The Bertz CT molecular complexity index is 319. The molecule has 1 aliphatic carbocycles. The molecule has 0 amide bonds. The molecule has 0 radical (unpaired) electrons. The number of nitrogens with two attached hydrogens (primary N) is 1. The van der Waals surface area contributed by atoms with Crippen molar-refractivity contribution in [2.24, 2.45) is 11.7 Å². The Balaban J connectivity index is 1.97. The molecule has 0 aromatic heterocycles. The van der Waals surface area contributed by atoms with Crippen molar-refractivity contribution < 1.29 is 0 Å². The lowest BCUT2D eigenvalue weighted by molar-refractivity contribution is 0.525. The highest BCUT2D eigenvalue weighted by molar-refractivity contribution is 9.10. The molecule has 88 valence electrons. The van der Waals surface area contributed by atoms with Gasteiger partial charge in [0.05, 0.1) is 0 Å². The molecule has 1 atom stereocenters. The molecule has 1 aromatic rings. The van der Waals surface area contributed by atoms with Gasteiger partial charge >= 0.3 is 0 Å².